The van der Waals surface area contributed by atoms with Gasteiger partial charge in [-0.25, -0.2) is 0 Å². The molecule has 0 heterocycles. The maximum atomic E-state index is 12.3. The number of hydrogen-bond acceptors (Lipinski definition) is 4. The Morgan fingerprint density at radius 1 is 1.15 bits per heavy atom. The van der Waals surface area contributed by atoms with E-state index in [0.717, 1.165) is 34.7 Å². The minimum Gasteiger partial charge on any atom is -0.496 e. The molecule has 0 unspecified atom stereocenters. The Balaban J connectivity index is 2.34. The molecule has 2 rings (SSSR count). The number of anilines is 1. The highest BCUT2D eigenvalue weighted by atomic mass is 32.2. The van der Waals surface area contributed by atoms with Gasteiger partial charge in [0.05, 0.1) is 18.4 Å². The minimum absolute atomic E-state index is 0.00508. The van der Waals surface area contributed by atoms with Crippen LogP contribution in [0.15, 0.2) is 36.4 Å². The molecule has 0 radical (unpaired) electrons. The van der Waals surface area contributed by atoms with Crippen molar-refractivity contribution in [2.24, 2.45) is 0 Å². The number of nitrogens with zero attached hydrogens (tertiary/aromatic N) is 1. The number of amides is 1. The maximum absolute atomic E-state index is 12.3. The molecule has 0 aliphatic rings. The molecule has 0 aliphatic heterocycles. The number of carbonyl (C=O) groups is 1. The van der Waals surface area contributed by atoms with Crippen molar-refractivity contribution >= 4 is 22.7 Å². The summed E-state index contributed by atoms with van der Waals surface area (Å²) in [6.07, 6.45) is 2.79. The molecule has 2 aromatic rings. The van der Waals surface area contributed by atoms with Gasteiger partial charge in [-0.2, -0.15) is 0 Å². The van der Waals surface area contributed by atoms with Crippen molar-refractivity contribution in [2.75, 3.05) is 24.8 Å². The number of carbonyl (C=O) groups excluding carboxylic acids is 1. The standard InChI is InChI=1S/C21H27NO3S/c1-6-16-11-12-19(15(3)13-16)25-14-17-18(9-8-10-20(17)24-4)22(7-2)21(23)26-5/h8-13H,6-7,14H2,1-5H3. The van der Waals surface area contributed by atoms with E-state index in [-0.39, 0.29) is 5.24 Å². The first-order valence-corrected chi connectivity index (χ1v) is 10.0. The van der Waals surface area contributed by atoms with Gasteiger partial charge >= 0.3 is 0 Å². The van der Waals surface area contributed by atoms with Crippen molar-refractivity contribution in [3.05, 3.63) is 53.1 Å². The minimum atomic E-state index is 0.00508. The molecule has 4 nitrogen and oxygen atoms in total. The summed E-state index contributed by atoms with van der Waals surface area (Å²) in [5.41, 5.74) is 4.09. The van der Waals surface area contributed by atoms with E-state index in [0.29, 0.717) is 13.2 Å². The summed E-state index contributed by atoms with van der Waals surface area (Å²) in [4.78, 5) is 14.1. The molecular weight excluding hydrogens is 346 g/mol. The van der Waals surface area contributed by atoms with E-state index >= 15 is 0 Å². The van der Waals surface area contributed by atoms with E-state index in [4.69, 9.17) is 9.47 Å². The molecule has 0 saturated heterocycles. The molecule has 0 aliphatic carbocycles. The second kappa shape index (κ2) is 9.53. The molecule has 0 bridgehead atoms. The summed E-state index contributed by atoms with van der Waals surface area (Å²) in [5.74, 6) is 1.57. The highest BCUT2D eigenvalue weighted by Crippen LogP contribution is 2.32. The lowest BCUT2D eigenvalue weighted by Gasteiger charge is -2.24. The zero-order valence-electron chi connectivity index (χ0n) is 16.2. The number of aryl methyl sites for hydroxylation is 2. The van der Waals surface area contributed by atoms with Gasteiger partial charge in [-0.1, -0.05) is 36.9 Å². The van der Waals surface area contributed by atoms with Crippen LogP contribution < -0.4 is 14.4 Å². The lowest BCUT2D eigenvalue weighted by molar-refractivity contribution is 0.265. The summed E-state index contributed by atoms with van der Waals surface area (Å²) in [6.45, 7) is 7.07. The second-order valence-corrected chi connectivity index (χ2v) is 6.67. The Hall–Kier alpha value is -2.14. The summed E-state index contributed by atoms with van der Waals surface area (Å²) in [6, 6.07) is 12.0. The number of ether oxygens (including phenoxy) is 2. The molecule has 0 fully saturated rings. The topological polar surface area (TPSA) is 38.8 Å². The number of thioether (sulfide) groups is 1. The van der Waals surface area contributed by atoms with Crippen LogP contribution in [0.1, 0.15) is 30.5 Å². The van der Waals surface area contributed by atoms with Gasteiger partial charge in [0.2, 0.25) is 0 Å². The van der Waals surface area contributed by atoms with E-state index in [1.807, 2.05) is 38.1 Å². The molecule has 26 heavy (non-hydrogen) atoms. The van der Waals surface area contributed by atoms with Gasteiger partial charge in [0, 0.05) is 6.54 Å². The van der Waals surface area contributed by atoms with Gasteiger partial charge in [-0.3, -0.25) is 4.79 Å². The molecule has 0 N–H and O–H groups in total. The monoisotopic (exact) mass is 373 g/mol. The fraction of sp³-hybridized carbons (Fsp3) is 0.381. The average Bonchev–Trinajstić information content (AvgIpc) is 2.67. The van der Waals surface area contributed by atoms with Gasteiger partial charge in [0.1, 0.15) is 18.1 Å². The van der Waals surface area contributed by atoms with Crippen LogP contribution >= 0.6 is 11.8 Å². The summed E-state index contributed by atoms with van der Waals surface area (Å²) in [7, 11) is 1.64. The SMILES string of the molecule is CCc1ccc(OCc2c(OC)cccc2N(CC)C(=O)SC)c(C)c1. The first-order valence-electron chi connectivity index (χ1n) is 8.79. The molecular formula is C21H27NO3S. The van der Waals surface area contributed by atoms with Crippen molar-refractivity contribution in [1.29, 1.82) is 0 Å². The van der Waals surface area contributed by atoms with Crippen LogP contribution in [0.3, 0.4) is 0 Å². The molecule has 140 valence electrons. The maximum Gasteiger partial charge on any atom is 0.285 e. The first kappa shape index (κ1) is 20.2. The lowest BCUT2D eigenvalue weighted by Crippen LogP contribution is -2.28. The normalized spacial score (nSPS) is 10.5. The molecule has 0 spiro atoms. The van der Waals surface area contributed by atoms with E-state index in [9.17, 15) is 4.79 Å². The Kier molecular flexibility index (Phi) is 7.39. The third kappa shape index (κ3) is 4.52. The van der Waals surface area contributed by atoms with Crippen LogP contribution in [0.2, 0.25) is 0 Å². The van der Waals surface area contributed by atoms with Gasteiger partial charge in [-0.05, 0) is 55.9 Å². The number of hydrogen-bond donors (Lipinski definition) is 0. The molecule has 5 heteroatoms. The lowest BCUT2D eigenvalue weighted by atomic mass is 10.1. The molecule has 1 amide bonds. The second-order valence-electron chi connectivity index (χ2n) is 5.91. The quantitative estimate of drug-likeness (QED) is 0.646. The van der Waals surface area contributed by atoms with Crippen molar-refractivity contribution in [2.45, 2.75) is 33.8 Å². The van der Waals surface area contributed by atoms with Gasteiger partial charge < -0.3 is 14.4 Å². The zero-order valence-corrected chi connectivity index (χ0v) is 17.0. The number of rotatable bonds is 7. The third-order valence-electron chi connectivity index (χ3n) is 4.35. The molecule has 0 atom stereocenters. The van der Waals surface area contributed by atoms with Crippen LogP contribution in [0.4, 0.5) is 10.5 Å². The van der Waals surface area contributed by atoms with Crippen LogP contribution in [0, 0.1) is 6.92 Å². The highest BCUT2D eigenvalue weighted by molar-refractivity contribution is 8.13. The van der Waals surface area contributed by atoms with Crippen molar-refractivity contribution in [3.63, 3.8) is 0 Å². The fourth-order valence-corrected chi connectivity index (χ4v) is 3.34. The summed E-state index contributed by atoms with van der Waals surface area (Å²) in [5, 5.41) is 0.00508. The molecule has 0 saturated carbocycles. The van der Waals surface area contributed by atoms with Crippen LogP contribution in [0.5, 0.6) is 11.5 Å². The first-order chi connectivity index (χ1) is 12.5. The number of benzene rings is 2. The van der Waals surface area contributed by atoms with Crippen LogP contribution in [-0.2, 0) is 13.0 Å². The van der Waals surface area contributed by atoms with Gasteiger partial charge in [0.25, 0.3) is 5.24 Å². The largest absolute Gasteiger partial charge is 0.496 e. The Labute approximate surface area is 160 Å². The van der Waals surface area contributed by atoms with Crippen molar-refractivity contribution in [1.82, 2.24) is 0 Å². The van der Waals surface area contributed by atoms with Gasteiger partial charge in [-0.15, -0.1) is 0 Å². The van der Waals surface area contributed by atoms with E-state index in [1.165, 1.54) is 17.3 Å². The van der Waals surface area contributed by atoms with E-state index < -0.39 is 0 Å². The van der Waals surface area contributed by atoms with E-state index in [2.05, 4.69) is 19.1 Å². The highest BCUT2D eigenvalue weighted by Gasteiger charge is 2.19. The van der Waals surface area contributed by atoms with Crippen LogP contribution in [0.25, 0.3) is 0 Å². The third-order valence-corrected chi connectivity index (χ3v) is 4.92. The van der Waals surface area contributed by atoms with Crippen molar-refractivity contribution in [3.8, 4) is 11.5 Å². The summed E-state index contributed by atoms with van der Waals surface area (Å²) >= 11 is 1.20. The Bertz CT molecular complexity index is 761. The predicted molar refractivity (Wildman–Crippen MR) is 110 cm³/mol. The smallest absolute Gasteiger partial charge is 0.285 e. The summed E-state index contributed by atoms with van der Waals surface area (Å²) < 4.78 is 11.6. The number of methoxy groups -OCH3 is 1. The molecule has 2 aromatic carbocycles. The van der Waals surface area contributed by atoms with E-state index in [1.54, 1.807) is 18.3 Å². The molecule has 0 aromatic heterocycles. The fourth-order valence-electron chi connectivity index (χ4n) is 2.89. The Morgan fingerprint density at radius 2 is 1.92 bits per heavy atom. The van der Waals surface area contributed by atoms with Crippen molar-refractivity contribution < 1.29 is 14.3 Å². The zero-order chi connectivity index (χ0) is 19.1. The predicted octanol–water partition coefficient (Wildman–Crippen LogP) is 5.45. The average molecular weight is 374 g/mol. The Morgan fingerprint density at radius 3 is 2.50 bits per heavy atom. The van der Waals surface area contributed by atoms with Gasteiger partial charge in [0.15, 0.2) is 0 Å². The van der Waals surface area contributed by atoms with Crippen LogP contribution in [-0.4, -0.2) is 25.1 Å².